The van der Waals surface area contributed by atoms with Crippen LogP contribution in [0.1, 0.15) is 33.4 Å². The summed E-state index contributed by atoms with van der Waals surface area (Å²) in [4.78, 5) is 7.47. The Hall–Kier alpha value is -10.7. The van der Waals surface area contributed by atoms with Crippen LogP contribution >= 0.6 is 0 Å². The van der Waals surface area contributed by atoms with Crippen LogP contribution in [0.25, 0.3) is 66.8 Å². The van der Waals surface area contributed by atoms with Crippen molar-refractivity contribution in [3.8, 4) is 66.8 Å². The van der Waals surface area contributed by atoms with E-state index in [1.54, 1.807) is 0 Å². The molecule has 87 heavy (non-hydrogen) atoms. The smallest absolute Gasteiger partial charge is 0.0503 e. The maximum Gasteiger partial charge on any atom is 0.0503 e. The topological polar surface area (TPSA) is 9.72 Å². The predicted molar refractivity (Wildman–Crippen MR) is 372 cm³/mol. The summed E-state index contributed by atoms with van der Waals surface area (Å²) in [7, 11) is 0. The number of hydrogen-bond donors (Lipinski definition) is 0. The molecule has 0 bridgehead atoms. The number of hydrogen-bond acceptors (Lipinski definition) is 3. The zero-order chi connectivity index (χ0) is 59.4. The second-order valence-corrected chi connectivity index (χ2v) is 23.0. The van der Waals surface area contributed by atoms with Crippen molar-refractivity contribution < 1.29 is 0 Å². The summed E-state index contributed by atoms with van der Waals surface area (Å²) in [5.74, 6) is 0. The summed E-state index contributed by atoms with van der Waals surface area (Å²) >= 11 is 0. The zero-order valence-corrected chi connectivity index (χ0v) is 50.3. The van der Waals surface area contributed by atoms with Crippen molar-refractivity contribution >= 4 is 51.2 Å². The van der Waals surface area contributed by atoms with Gasteiger partial charge in [-0.15, -0.1) is 0 Å². The number of anilines is 9. The van der Waals surface area contributed by atoms with Gasteiger partial charge in [-0.3, -0.25) is 0 Å². The van der Waals surface area contributed by atoms with Gasteiger partial charge in [0.2, 0.25) is 0 Å². The molecule has 0 saturated heterocycles. The second kappa shape index (κ2) is 24.5. The van der Waals surface area contributed by atoms with Crippen LogP contribution in [0.15, 0.2) is 309 Å². The third-order valence-corrected chi connectivity index (χ3v) is 16.7. The van der Waals surface area contributed by atoms with Crippen molar-refractivity contribution in [2.75, 3.05) is 14.7 Å². The normalized spacial score (nSPS) is 11.1. The van der Waals surface area contributed by atoms with Gasteiger partial charge in [0.05, 0.1) is 17.1 Å². The highest BCUT2D eigenvalue weighted by atomic mass is 15.2. The molecule has 13 aromatic rings. The van der Waals surface area contributed by atoms with Crippen LogP contribution in [0, 0.1) is 41.5 Å². The number of rotatable bonds is 15. The highest BCUT2D eigenvalue weighted by Gasteiger charge is 2.27. The Balaban J connectivity index is 1.14. The van der Waals surface area contributed by atoms with E-state index in [1.807, 2.05) is 0 Å². The van der Waals surface area contributed by atoms with Gasteiger partial charge in [0.25, 0.3) is 0 Å². The quantitative estimate of drug-likeness (QED) is 0.101. The van der Waals surface area contributed by atoms with Gasteiger partial charge >= 0.3 is 0 Å². The molecule has 0 aliphatic rings. The molecule has 0 atom stereocenters. The molecule has 0 fully saturated rings. The maximum absolute atomic E-state index is 2.49. The molecule has 3 nitrogen and oxygen atoms in total. The molecule has 0 aliphatic carbocycles. The molecule has 3 heteroatoms. The zero-order valence-electron chi connectivity index (χ0n) is 50.3. The Kier molecular flexibility index (Phi) is 15.6. The van der Waals surface area contributed by atoms with E-state index in [4.69, 9.17) is 0 Å². The van der Waals surface area contributed by atoms with E-state index >= 15 is 0 Å². The summed E-state index contributed by atoms with van der Waals surface area (Å²) in [6.45, 7) is 13.3. The third-order valence-electron chi connectivity index (χ3n) is 16.7. The van der Waals surface area contributed by atoms with Crippen LogP contribution < -0.4 is 14.7 Å². The lowest BCUT2D eigenvalue weighted by Gasteiger charge is -2.35. The lowest BCUT2D eigenvalue weighted by atomic mass is 9.93. The minimum absolute atomic E-state index is 0.999. The average molecular weight is 1120 g/mol. The summed E-state index contributed by atoms with van der Waals surface area (Å²) < 4.78 is 0. The van der Waals surface area contributed by atoms with Gasteiger partial charge in [0, 0.05) is 34.1 Å². The second-order valence-electron chi connectivity index (χ2n) is 23.0. The minimum atomic E-state index is 0.999. The first-order chi connectivity index (χ1) is 42.6. The van der Waals surface area contributed by atoms with Crippen LogP contribution in [-0.4, -0.2) is 0 Å². The van der Waals surface area contributed by atoms with E-state index in [-0.39, 0.29) is 0 Å². The molecule has 13 aromatic carbocycles. The fourth-order valence-electron chi connectivity index (χ4n) is 12.6. The van der Waals surface area contributed by atoms with Crippen molar-refractivity contribution in [3.63, 3.8) is 0 Å². The van der Waals surface area contributed by atoms with Gasteiger partial charge in [0.15, 0.2) is 0 Å². The van der Waals surface area contributed by atoms with Gasteiger partial charge in [0.1, 0.15) is 0 Å². The summed E-state index contributed by atoms with van der Waals surface area (Å²) in [5, 5.41) is 0. The van der Waals surface area contributed by atoms with E-state index in [9.17, 15) is 0 Å². The monoisotopic (exact) mass is 1120 g/mol. The molecule has 0 amide bonds. The fraction of sp³-hybridized carbons (Fsp3) is 0.0714. The van der Waals surface area contributed by atoms with E-state index in [0.29, 0.717) is 0 Å². The molecule has 0 aliphatic heterocycles. The van der Waals surface area contributed by atoms with Crippen LogP contribution in [0.3, 0.4) is 0 Å². The predicted octanol–water partition coefficient (Wildman–Crippen LogP) is 23.9. The lowest BCUT2D eigenvalue weighted by Crippen LogP contribution is -2.18. The van der Waals surface area contributed by atoms with Crippen molar-refractivity contribution in [2.45, 2.75) is 41.5 Å². The van der Waals surface area contributed by atoms with Gasteiger partial charge in [-0.1, -0.05) is 253 Å². The molecule has 0 aromatic heterocycles. The summed E-state index contributed by atoms with van der Waals surface area (Å²) in [6, 6.07) is 114. The minimum Gasteiger partial charge on any atom is -0.310 e. The maximum atomic E-state index is 2.49. The van der Waals surface area contributed by atoms with Gasteiger partial charge in [-0.2, -0.15) is 0 Å². The first kappa shape index (κ1) is 55.4. The molecule has 0 unspecified atom stereocenters. The Morgan fingerprint density at radius 1 is 0.172 bits per heavy atom. The first-order valence-corrected chi connectivity index (χ1v) is 30.1. The van der Waals surface area contributed by atoms with Crippen molar-refractivity contribution in [3.05, 3.63) is 343 Å². The standard InChI is InChI=1S/C84H69N3/c1-58-37-46-82(61(4)49-58)85(70-40-43-76(64-25-13-7-14-26-64)79(55-70)67-31-19-10-20-32-67)73-52-74(86(83-47-38-59(2)50-62(83)5)71-41-44-77(65-27-15-8-16-28-65)80(56-71)68-33-21-11-22-34-68)54-75(53-73)87(84-48-39-60(3)51-63(84)6)72-42-45-78(66-29-17-9-18-30-66)81(57-72)69-35-23-12-24-36-69/h7-57H,1-6H3. The van der Waals surface area contributed by atoms with Crippen molar-refractivity contribution in [1.82, 2.24) is 0 Å². The van der Waals surface area contributed by atoms with Crippen LogP contribution in [-0.2, 0) is 0 Å². The van der Waals surface area contributed by atoms with Gasteiger partial charge < -0.3 is 14.7 Å². The lowest BCUT2D eigenvalue weighted by molar-refractivity contribution is 1.19. The molecular formula is C84H69N3. The van der Waals surface area contributed by atoms with Gasteiger partial charge in [-0.05, 0) is 198 Å². The largest absolute Gasteiger partial charge is 0.310 e. The third kappa shape index (κ3) is 11.5. The molecule has 0 heterocycles. The molecule has 13 rings (SSSR count). The molecule has 0 saturated carbocycles. The van der Waals surface area contributed by atoms with E-state index in [2.05, 4.69) is 366 Å². The van der Waals surface area contributed by atoms with E-state index < -0.39 is 0 Å². The number of nitrogens with zero attached hydrogens (tertiary/aromatic N) is 3. The van der Waals surface area contributed by atoms with Crippen LogP contribution in [0.2, 0.25) is 0 Å². The Morgan fingerprint density at radius 2 is 0.391 bits per heavy atom. The van der Waals surface area contributed by atoms with Crippen LogP contribution in [0.5, 0.6) is 0 Å². The summed E-state index contributed by atoms with van der Waals surface area (Å²) in [5.41, 5.74) is 30.4. The Morgan fingerprint density at radius 3 is 0.609 bits per heavy atom. The van der Waals surface area contributed by atoms with E-state index in [0.717, 1.165) is 84.6 Å². The van der Waals surface area contributed by atoms with Crippen molar-refractivity contribution in [1.29, 1.82) is 0 Å². The number of aryl methyl sites for hydroxylation is 6. The average Bonchev–Trinajstić information content (AvgIpc) is 1.33. The number of benzene rings is 13. The van der Waals surface area contributed by atoms with Crippen molar-refractivity contribution in [2.24, 2.45) is 0 Å². The molecule has 420 valence electrons. The van der Waals surface area contributed by atoms with Gasteiger partial charge in [-0.25, -0.2) is 0 Å². The van der Waals surface area contributed by atoms with E-state index in [1.165, 1.54) is 66.8 Å². The highest BCUT2D eigenvalue weighted by molar-refractivity contribution is 5.96. The highest BCUT2D eigenvalue weighted by Crippen LogP contribution is 2.51. The molecule has 0 N–H and O–H groups in total. The molecular weight excluding hydrogens is 1050 g/mol. The van der Waals surface area contributed by atoms with Crippen LogP contribution in [0.4, 0.5) is 51.2 Å². The fourth-order valence-corrected chi connectivity index (χ4v) is 12.6. The Bertz CT molecular complexity index is 4080. The molecule has 0 spiro atoms. The molecule has 0 radical (unpaired) electrons. The SMILES string of the molecule is Cc1ccc(N(c2cc(N(c3ccc(-c4ccccc4)c(-c4ccccc4)c3)c3ccc(C)cc3C)cc(N(c3ccc(-c4ccccc4)c(-c4ccccc4)c3)c3ccc(C)cc3C)c2)c2ccc(-c3ccccc3)c(-c3ccccc3)c2)c(C)c1. The first-order valence-electron chi connectivity index (χ1n) is 30.1. The Labute approximate surface area is 514 Å². The summed E-state index contributed by atoms with van der Waals surface area (Å²) in [6.07, 6.45) is 0.